The van der Waals surface area contributed by atoms with Crippen LogP contribution in [0.5, 0.6) is 0 Å². The van der Waals surface area contributed by atoms with E-state index in [4.69, 9.17) is 5.73 Å². The van der Waals surface area contributed by atoms with Gasteiger partial charge in [-0.05, 0) is 24.8 Å². The smallest absolute Gasteiger partial charge is 0.240 e. The van der Waals surface area contributed by atoms with Gasteiger partial charge in [0.1, 0.15) is 0 Å². The molecule has 3 atom stereocenters. The molecule has 1 aromatic carbocycles. The third-order valence-corrected chi connectivity index (χ3v) is 6.03. The van der Waals surface area contributed by atoms with Crippen LogP contribution in [0.2, 0.25) is 0 Å². The second-order valence-corrected chi connectivity index (χ2v) is 7.44. The number of thioether (sulfide) groups is 1. The molecular weight excluding hydrogens is 280 g/mol. The zero-order valence-electron chi connectivity index (χ0n) is 12.4. The van der Waals surface area contributed by atoms with Gasteiger partial charge in [0.15, 0.2) is 0 Å². The molecule has 0 radical (unpaired) electrons. The quantitative estimate of drug-likeness (QED) is 0.933. The summed E-state index contributed by atoms with van der Waals surface area (Å²) in [7, 11) is 0. The number of hydrogen-bond acceptors (Lipinski definition) is 3. The number of benzene rings is 1. The number of fused-ring (bicyclic) bond motifs is 1. The van der Waals surface area contributed by atoms with Crippen molar-refractivity contribution in [1.29, 1.82) is 0 Å². The van der Waals surface area contributed by atoms with E-state index in [1.165, 1.54) is 19.3 Å². The van der Waals surface area contributed by atoms with Crippen molar-refractivity contribution in [1.82, 2.24) is 4.90 Å². The van der Waals surface area contributed by atoms with E-state index in [9.17, 15) is 4.79 Å². The van der Waals surface area contributed by atoms with Crippen LogP contribution in [0.4, 0.5) is 0 Å². The fourth-order valence-electron chi connectivity index (χ4n) is 3.54. The second kappa shape index (κ2) is 6.84. The highest BCUT2D eigenvalue weighted by molar-refractivity contribution is 8.00. The summed E-state index contributed by atoms with van der Waals surface area (Å²) in [6, 6.07) is 10.1. The molecule has 2 unspecified atom stereocenters. The summed E-state index contributed by atoms with van der Waals surface area (Å²) in [5.74, 6) is 1.21. The summed E-state index contributed by atoms with van der Waals surface area (Å²) in [5, 5.41) is 0.639. The van der Waals surface area contributed by atoms with E-state index in [1.807, 2.05) is 42.1 Å². The Balaban J connectivity index is 1.65. The summed E-state index contributed by atoms with van der Waals surface area (Å²) in [6.45, 7) is 0.868. The van der Waals surface area contributed by atoms with Crippen molar-refractivity contribution >= 4 is 17.7 Å². The highest BCUT2D eigenvalue weighted by atomic mass is 32.2. The van der Waals surface area contributed by atoms with Crippen molar-refractivity contribution in [3.05, 3.63) is 35.9 Å². The molecule has 1 aliphatic carbocycles. The van der Waals surface area contributed by atoms with E-state index in [2.05, 4.69) is 4.90 Å². The molecule has 2 aliphatic rings. The van der Waals surface area contributed by atoms with Gasteiger partial charge in [-0.15, -0.1) is 0 Å². The van der Waals surface area contributed by atoms with Gasteiger partial charge in [-0.25, -0.2) is 0 Å². The fraction of sp³-hybridized carbons (Fsp3) is 0.588. The highest BCUT2D eigenvalue weighted by Gasteiger charge is 2.37. The Bertz CT molecular complexity index is 477. The Labute approximate surface area is 131 Å². The van der Waals surface area contributed by atoms with Gasteiger partial charge in [-0.3, -0.25) is 4.79 Å². The standard InChI is InChI=1S/C17H24N2OS/c18-14(12-13-6-2-1-3-7-13)17(20)19-10-11-21-16-9-5-4-8-15(16)19/h1-3,6-7,14-16H,4-5,8-12,18H2/t14-,15?,16?/m0/s1. The molecule has 3 nitrogen and oxygen atoms in total. The molecule has 1 saturated carbocycles. The maximum atomic E-state index is 12.7. The van der Waals surface area contributed by atoms with E-state index >= 15 is 0 Å². The van der Waals surface area contributed by atoms with Crippen molar-refractivity contribution in [3.63, 3.8) is 0 Å². The number of hydrogen-bond donors (Lipinski definition) is 1. The summed E-state index contributed by atoms with van der Waals surface area (Å²) in [4.78, 5) is 14.8. The van der Waals surface area contributed by atoms with Crippen molar-refractivity contribution < 1.29 is 4.79 Å². The largest absolute Gasteiger partial charge is 0.336 e. The van der Waals surface area contributed by atoms with Crippen molar-refractivity contribution in [3.8, 4) is 0 Å². The number of rotatable bonds is 3. The fourth-order valence-corrected chi connectivity index (χ4v) is 4.98. The zero-order valence-corrected chi connectivity index (χ0v) is 13.2. The van der Waals surface area contributed by atoms with Crippen LogP contribution in [0.25, 0.3) is 0 Å². The number of carbonyl (C=O) groups excluding carboxylic acids is 1. The molecule has 1 saturated heterocycles. The minimum atomic E-state index is -0.405. The molecule has 3 rings (SSSR count). The lowest BCUT2D eigenvalue weighted by Crippen LogP contribution is -2.56. The molecule has 0 aromatic heterocycles. The lowest BCUT2D eigenvalue weighted by atomic mass is 9.92. The maximum absolute atomic E-state index is 12.7. The van der Waals surface area contributed by atoms with Gasteiger partial charge < -0.3 is 10.6 Å². The minimum Gasteiger partial charge on any atom is -0.336 e. The van der Waals surface area contributed by atoms with Crippen LogP contribution in [-0.2, 0) is 11.2 Å². The van der Waals surface area contributed by atoms with Gasteiger partial charge in [0.05, 0.1) is 6.04 Å². The predicted octanol–water partition coefficient (Wildman–Crippen LogP) is 2.44. The van der Waals surface area contributed by atoms with E-state index in [-0.39, 0.29) is 5.91 Å². The van der Waals surface area contributed by atoms with Crippen molar-refractivity contribution in [2.45, 2.75) is 49.4 Å². The predicted molar refractivity (Wildman–Crippen MR) is 88.3 cm³/mol. The number of carbonyl (C=O) groups is 1. The van der Waals surface area contributed by atoms with Gasteiger partial charge >= 0.3 is 0 Å². The minimum absolute atomic E-state index is 0.149. The van der Waals surface area contributed by atoms with Crippen LogP contribution in [0.3, 0.4) is 0 Å². The van der Waals surface area contributed by atoms with Gasteiger partial charge in [0.2, 0.25) is 5.91 Å². The highest BCUT2D eigenvalue weighted by Crippen LogP contribution is 2.35. The van der Waals surface area contributed by atoms with E-state index in [0.29, 0.717) is 17.7 Å². The molecule has 114 valence electrons. The van der Waals surface area contributed by atoms with Crippen LogP contribution in [0.15, 0.2) is 30.3 Å². The molecule has 2 N–H and O–H groups in total. The Morgan fingerprint density at radius 2 is 2.05 bits per heavy atom. The van der Waals surface area contributed by atoms with E-state index in [0.717, 1.165) is 24.3 Å². The van der Waals surface area contributed by atoms with Crippen LogP contribution in [0, 0.1) is 0 Å². The molecule has 1 amide bonds. The third-order valence-electron chi connectivity index (χ3n) is 4.63. The molecule has 4 heteroatoms. The van der Waals surface area contributed by atoms with Gasteiger partial charge in [-0.1, -0.05) is 43.2 Å². The second-order valence-electron chi connectivity index (χ2n) is 6.09. The van der Waals surface area contributed by atoms with Gasteiger partial charge in [0.25, 0.3) is 0 Å². The summed E-state index contributed by atoms with van der Waals surface area (Å²) < 4.78 is 0. The number of nitrogens with zero attached hydrogens (tertiary/aromatic N) is 1. The summed E-state index contributed by atoms with van der Waals surface area (Å²) in [6.07, 6.45) is 5.61. The van der Waals surface area contributed by atoms with Crippen LogP contribution in [0.1, 0.15) is 31.2 Å². The number of nitrogens with two attached hydrogens (primary N) is 1. The molecule has 1 heterocycles. The van der Waals surface area contributed by atoms with E-state index < -0.39 is 6.04 Å². The van der Waals surface area contributed by atoms with Crippen molar-refractivity contribution in [2.24, 2.45) is 5.73 Å². The third kappa shape index (κ3) is 3.43. The Morgan fingerprint density at radius 1 is 1.29 bits per heavy atom. The monoisotopic (exact) mass is 304 g/mol. The molecule has 0 spiro atoms. The molecule has 21 heavy (non-hydrogen) atoms. The van der Waals surface area contributed by atoms with Crippen LogP contribution in [-0.4, -0.2) is 40.4 Å². The lowest BCUT2D eigenvalue weighted by Gasteiger charge is -2.44. The summed E-state index contributed by atoms with van der Waals surface area (Å²) >= 11 is 2.05. The SMILES string of the molecule is N[C@@H](Cc1ccccc1)C(=O)N1CCSC2CCCCC21. The normalized spacial score (nSPS) is 27.0. The van der Waals surface area contributed by atoms with Gasteiger partial charge in [-0.2, -0.15) is 11.8 Å². The Hall–Kier alpha value is -1.00. The first-order valence-corrected chi connectivity index (χ1v) is 9.02. The van der Waals surface area contributed by atoms with Crippen LogP contribution < -0.4 is 5.73 Å². The first-order valence-electron chi connectivity index (χ1n) is 7.97. The van der Waals surface area contributed by atoms with Crippen molar-refractivity contribution in [2.75, 3.05) is 12.3 Å². The zero-order chi connectivity index (χ0) is 14.7. The molecular formula is C17H24N2OS. The first kappa shape index (κ1) is 14.9. The average molecular weight is 304 g/mol. The maximum Gasteiger partial charge on any atom is 0.240 e. The number of amides is 1. The topological polar surface area (TPSA) is 46.3 Å². The summed E-state index contributed by atoms with van der Waals surface area (Å²) in [5.41, 5.74) is 7.35. The van der Waals surface area contributed by atoms with E-state index in [1.54, 1.807) is 0 Å². The average Bonchev–Trinajstić information content (AvgIpc) is 2.54. The van der Waals surface area contributed by atoms with Crippen LogP contribution >= 0.6 is 11.8 Å². The Kier molecular flexibility index (Phi) is 4.86. The molecule has 1 aromatic rings. The van der Waals surface area contributed by atoms with Gasteiger partial charge in [0, 0.05) is 23.6 Å². The lowest BCUT2D eigenvalue weighted by molar-refractivity contribution is -0.135. The molecule has 2 fully saturated rings. The first-order chi connectivity index (χ1) is 10.3. The molecule has 0 bridgehead atoms. The Morgan fingerprint density at radius 3 is 2.86 bits per heavy atom. The molecule has 1 aliphatic heterocycles.